The van der Waals surface area contributed by atoms with Crippen LogP contribution < -0.4 is 21.4 Å². The number of rotatable bonds is 7. The van der Waals surface area contributed by atoms with Crippen molar-refractivity contribution >= 4 is 42.5 Å². The molecule has 3 rings (SSSR count). The lowest BCUT2D eigenvalue weighted by Crippen LogP contribution is -2.18. The number of amides is 1. The summed E-state index contributed by atoms with van der Waals surface area (Å²) in [6, 6.07) is 7.10. The fourth-order valence-electron chi connectivity index (χ4n) is 2.30. The van der Waals surface area contributed by atoms with E-state index in [0.717, 1.165) is 12.1 Å². The highest BCUT2D eigenvalue weighted by Crippen LogP contribution is 2.18. The Bertz CT molecular complexity index is 902. The number of nitrogens with zero attached hydrogens (tertiary/aromatic N) is 3. The van der Waals surface area contributed by atoms with Gasteiger partial charge in [-0.2, -0.15) is 4.98 Å². The number of carbonyl (C=O) groups is 1. The number of hydrogen-bond donors (Lipinski definition) is 4. The van der Waals surface area contributed by atoms with Gasteiger partial charge in [-0.15, -0.1) is 0 Å². The molecule has 2 aromatic heterocycles. The molecule has 0 atom stereocenters. The molecule has 0 fully saturated rings. The second-order valence-corrected chi connectivity index (χ2v) is 5.57. The van der Waals surface area contributed by atoms with E-state index in [9.17, 15) is 4.79 Å². The maximum atomic E-state index is 11.3. The molecular formula is C17H18BN7O2. The summed E-state index contributed by atoms with van der Waals surface area (Å²) in [5.74, 6) is 0.916. The predicted molar refractivity (Wildman–Crippen MR) is 104 cm³/mol. The SMILES string of the molecule is [B]c1cnc(Nc2cccc(NC(=O)OC)c2)nc1NCCc1cnc[nH]1. The van der Waals surface area contributed by atoms with Gasteiger partial charge >= 0.3 is 6.09 Å². The second kappa shape index (κ2) is 8.70. The molecular weight excluding hydrogens is 345 g/mol. The van der Waals surface area contributed by atoms with Crippen molar-refractivity contribution in [1.82, 2.24) is 19.9 Å². The number of ether oxygens (including phenoxy) is 1. The van der Waals surface area contributed by atoms with Crippen LogP contribution >= 0.6 is 0 Å². The van der Waals surface area contributed by atoms with Crippen molar-refractivity contribution in [2.75, 3.05) is 29.6 Å². The number of H-pyrrole nitrogens is 1. The molecule has 2 radical (unpaired) electrons. The zero-order chi connectivity index (χ0) is 19.1. The van der Waals surface area contributed by atoms with E-state index in [4.69, 9.17) is 7.85 Å². The minimum absolute atomic E-state index is 0.378. The first-order chi connectivity index (χ1) is 13.1. The van der Waals surface area contributed by atoms with Gasteiger partial charge in [-0.05, 0) is 23.7 Å². The lowest BCUT2D eigenvalue weighted by molar-refractivity contribution is 0.187. The molecule has 2 heterocycles. The Morgan fingerprint density at radius 3 is 2.93 bits per heavy atom. The lowest BCUT2D eigenvalue weighted by Gasteiger charge is -2.12. The van der Waals surface area contributed by atoms with Gasteiger partial charge in [0, 0.05) is 42.4 Å². The number of aromatic nitrogens is 4. The van der Waals surface area contributed by atoms with Crippen molar-refractivity contribution < 1.29 is 9.53 Å². The molecule has 10 heteroatoms. The lowest BCUT2D eigenvalue weighted by atomic mass is 9.99. The highest BCUT2D eigenvalue weighted by molar-refractivity contribution is 6.35. The maximum Gasteiger partial charge on any atom is 0.411 e. The molecule has 27 heavy (non-hydrogen) atoms. The average molecular weight is 363 g/mol. The third kappa shape index (κ3) is 5.21. The first-order valence-electron chi connectivity index (χ1n) is 8.20. The molecule has 1 amide bonds. The van der Waals surface area contributed by atoms with Gasteiger partial charge < -0.3 is 20.4 Å². The van der Waals surface area contributed by atoms with Gasteiger partial charge in [0.1, 0.15) is 13.7 Å². The van der Waals surface area contributed by atoms with Crippen LogP contribution in [0, 0.1) is 0 Å². The van der Waals surface area contributed by atoms with Crippen LogP contribution in [0.1, 0.15) is 5.69 Å². The van der Waals surface area contributed by atoms with Gasteiger partial charge in [-0.1, -0.05) is 6.07 Å². The van der Waals surface area contributed by atoms with Crippen LogP contribution in [0.4, 0.5) is 27.9 Å². The number of nitrogens with one attached hydrogen (secondary N) is 4. The fourth-order valence-corrected chi connectivity index (χ4v) is 2.30. The standard InChI is InChI=1S/C17H18BN7O2/c1-27-17(26)24-12-4-2-3-11(7-12)23-16-21-9-14(18)15(25-16)20-6-5-13-8-19-10-22-13/h2-4,7-10H,5-6H2,1H3,(H,19,22)(H,24,26)(H2,20,21,23,25). The molecule has 0 spiro atoms. The van der Waals surface area contributed by atoms with Crippen LogP contribution in [-0.2, 0) is 11.2 Å². The van der Waals surface area contributed by atoms with E-state index in [1.807, 2.05) is 6.07 Å². The Labute approximate surface area is 157 Å². The fraction of sp³-hybridized carbons (Fsp3) is 0.176. The molecule has 0 saturated carbocycles. The molecule has 4 N–H and O–H groups in total. The summed E-state index contributed by atoms with van der Waals surface area (Å²) in [6.07, 6.45) is 5.16. The molecule has 1 aromatic carbocycles. The first kappa shape index (κ1) is 18.2. The monoisotopic (exact) mass is 363 g/mol. The van der Waals surface area contributed by atoms with Crippen LogP contribution in [0.15, 0.2) is 43.0 Å². The van der Waals surface area contributed by atoms with E-state index in [2.05, 4.69) is 40.6 Å². The van der Waals surface area contributed by atoms with E-state index >= 15 is 0 Å². The molecule has 0 aliphatic carbocycles. The molecule has 0 aliphatic rings. The minimum atomic E-state index is -0.542. The van der Waals surface area contributed by atoms with Gasteiger partial charge in [-0.3, -0.25) is 5.32 Å². The van der Waals surface area contributed by atoms with Gasteiger partial charge in [-0.25, -0.2) is 14.8 Å². The average Bonchev–Trinajstić information content (AvgIpc) is 3.18. The summed E-state index contributed by atoms with van der Waals surface area (Å²) in [4.78, 5) is 26.9. The van der Waals surface area contributed by atoms with E-state index in [1.54, 1.807) is 30.7 Å². The van der Waals surface area contributed by atoms with Crippen molar-refractivity contribution in [2.45, 2.75) is 6.42 Å². The van der Waals surface area contributed by atoms with Crippen molar-refractivity contribution in [2.24, 2.45) is 0 Å². The summed E-state index contributed by atoms with van der Waals surface area (Å²) in [7, 11) is 7.25. The number of benzene rings is 1. The zero-order valence-electron chi connectivity index (χ0n) is 14.7. The Morgan fingerprint density at radius 2 is 2.15 bits per heavy atom. The minimum Gasteiger partial charge on any atom is -0.453 e. The van der Waals surface area contributed by atoms with Crippen molar-refractivity contribution in [3.8, 4) is 0 Å². The predicted octanol–water partition coefficient (Wildman–Crippen LogP) is 1.57. The number of aromatic amines is 1. The number of methoxy groups -OCH3 is 1. The van der Waals surface area contributed by atoms with Crippen LogP contribution in [-0.4, -0.2) is 47.5 Å². The summed E-state index contributed by atoms with van der Waals surface area (Å²) in [5, 5.41) is 8.86. The maximum absolute atomic E-state index is 11.3. The highest BCUT2D eigenvalue weighted by atomic mass is 16.5. The molecule has 9 nitrogen and oxygen atoms in total. The highest BCUT2D eigenvalue weighted by Gasteiger charge is 2.06. The van der Waals surface area contributed by atoms with Crippen LogP contribution in [0.5, 0.6) is 0 Å². The van der Waals surface area contributed by atoms with E-state index < -0.39 is 6.09 Å². The quantitative estimate of drug-likeness (QED) is 0.471. The Kier molecular flexibility index (Phi) is 5.88. The second-order valence-electron chi connectivity index (χ2n) is 5.57. The molecule has 136 valence electrons. The Hall–Kier alpha value is -3.56. The summed E-state index contributed by atoms with van der Waals surface area (Å²) in [5.41, 5.74) is 2.76. The van der Waals surface area contributed by atoms with E-state index in [-0.39, 0.29) is 0 Å². The zero-order valence-corrected chi connectivity index (χ0v) is 14.7. The normalized spacial score (nSPS) is 10.3. The van der Waals surface area contributed by atoms with Gasteiger partial charge in [0.2, 0.25) is 5.95 Å². The van der Waals surface area contributed by atoms with Crippen molar-refractivity contribution in [1.29, 1.82) is 0 Å². The molecule has 0 saturated heterocycles. The molecule has 0 aliphatic heterocycles. The largest absolute Gasteiger partial charge is 0.453 e. The third-order valence-electron chi connectivity index (χ3n) is 3.61. The Balaban J connectivity index is 1.65. The number of carbonyl (C=O) groups excluding carboxylic acids is 1. The van der Waals surface area contributed by atoms with Crippen molar-refractivity contribution in [3.05, 3.63) is 48.7 Å². The van der Waals surface area contributed by atoms with Gasteiger partial charge in [0.05, 0.1) is 13.4 Å². The Morgan fingerprint density at radius 1 is 1.30 bits per heavy atom. The topological polar surface area (TPSA) is 117 Å². The first-order valence-corrected chi connectivity index (χ1v) is 8.20. The van der Waals surface area contributed by atoms with Crippen molar-refractivity contribution in [3.63, 3.8) is 0 Å². The van der Waals surface area contributed by atoms with Gasteiger partial charge in [0.15, 0.2) is 0 Å². The number of anilines is 4. The van der Waals surface area contributed by atoms with Gasteiger partial charge in [0.25, 0.3) is 0 Å². The molecule has 3 aromatic rings. The summed E-state index contributed by atoms with van der Waals surface area (Å²) >= 11 is 0. The van der Waals surface area contributed by atoms with Crippen LogP contribution in [0.2, 0.25) is 0 Å². The summed E-state index contributed by atoms with van der Waals surface area (Å²) < 4.78 is 4.58. The number of imidazole rings is 1. The number of hydrogen-bond acceptors (Lipinski definition) is 7. The van der Waals surface area contributed by atoms with E-state index in [1.165, 1.54) is 13.3 Å². The third-order valence-corrected chi connectivity index (χ3v) is 3.61. The molecule has 0 bridgehead atoms. The van der Waals surface area contributed by atoms with Crippen LogP contribution in [0.3, 0.4) is 0 Å². The summed E-state index contributed by atoms with van der Waals surface area (Å²) in [6.45, 7) is 0.640. The smallest absolute Gasteiger partial charge is 0.411 e. The van der Waals surface area contributed by atoms with E-state index in [0.29, 0.717) is 35.1 Å². The van der Waals surface area contributed by atoms with Crippen LogP contribution in [0.25, 0.3) is 0 Å². The molecule has 0 unspecified atom stereocenters.